The van der Waals surface area contributed by atoms with E-state index in [0.717, 1.165) is 46.1 Å². The number of benzene rings is 2. The molecule has 6 heteroatoms. The Hall–Kier alpha value is -2.44. The highest BCUT2D eigenvalue weighted by Gasteiger charge is 2.26. The molecule has 0 spiro atoms. The fourth-order valence-electron chi connectivity index (χ4n) is 3.36. The molecule has 0 unspecified atom stereocenters. The number of thiazole rings is 1. The summed E-state index contributed by atoms with van der Waals surface area (Å²) in [4.78, 5) is 19.7. The first kappa shape index (κ1) is 17.9. The van der Waals surface area contributed by atoms with E-state index >= 15 is 0 Å². The third kappa shape index (κ3) is 3.96. The topological polar surface area (TPSA) is 51.7 Å². The SMILES string of the molecule is COc1ccccc1CC(=O)N(C[C@@H]1CCCO1)c1nc2ccccc2s1. The second-order valence-electron chi connectivity index (χ2n) is 6.59. The molecule has 2 heterocycles. The minimum atomic E-state index is 0.00839. The standard InChI is InChI=1S/C21H22N2O3S/c1-25-18-10-4-2-7-15(18)13-20(24)23(14-16-8-6-12-26-16)21-22-17-9-3-5-11-19(17)27-21/h2-5,7,9-11,16H,6,8,12-14H2,1H3/t16-/m0/s1. The van der Waals surface area contributed by atoms with Crippen LogP contribution in [0, 0.1) is 0 Å². The number of carbonyl (C=O) groups excluding carboxylic acids is 1. The summed E-state index contributed by atoms with van der Waals surface area (Å²) in [6.07, 6.45) is 2.35. The lowest BCUT2D eigenvalue weighted by atomic mass is 10.1. The number of methoxy groups -OCH3 is 1. The largest absolute Gasteiger partial charge is 0.496 e. The summed E-state index contributed by atoms with van der Waals surface area (Å²) < 4.78 is 12.3. The van der Waals surface area contributed by atoms with Crippen molar-refractivity contribution in [2.45, 2.75) is 25.4 Å². The van der Waals surface area contributed by atoms with E-state index in [9.17, 15) is 4.79 Å². The molecule has 2 aromatic carbocycles. The fourth-order valence-corrected chi connectivity index (χ4v) is 4.35. The van der Waals surface area contributed by atoms with Crippen molar-refractivity contribution in [3.05, 3.63) is 54.1 Å². The molecule has 4 rings (SSSR count). The van der Waals surface area contributed by atoms with Crippen LogP contribution < -0.4 is 9.64 Å². The van der Waals surface area contributed by atoms with Gasteiger partial charge in [0, 0.05) is 12.2 Å². The van der Waals surface area contributed by atoms with E-state index in [0.29, 0.717) is 6.54 Å². The van der Waals surface area contributed by atoms with Crippen molar-refractivity contribution < 1.29 is 14.3 Å². The smallest absolute Gasteiger partial charge is 0.233 e. The van der Waals surface area contributed by atoms with Crippen LogP contribution in [0.4, 0.5) is 5.13 Å². The maximum absolute atomic E-state index is 13.2. The number of fused-ring (bicyclic) bond motifs is 1. The van der Waals surface area contributed by atoms with Crippen molar-refractivity contribution in [1.29, 1.82) is 0 Å². The molecule has 1 amide bonds. The molecule has 1 aliphatic heterocycles. The number of nitrogens with zero attached hydrogens (tertiary/aromatic N) is 2. The highest BCUT2D eigenvalue weighted by atomic mass is 32.1. The normalized spacial score (nSPS) is 16.6. The van der Waals surface area contributed by atoms with Crippen LogP contribution in [0.2, 0.25) is 0 Å². The third-order valence-electron chi connectivity index (χ3n) is 4.76. The second-order valence-corrected chi connectivity index (χ2v) is 7.60. The van der Waals surface area contributed by atoms with Crippen LogP contribution in [0.25, 0.3) is 10.2 Å². The molecule has 140 valence electrons. The highest BCUT2D eigenvalue weighted by Crippen LogP contribution is 2.30. The maximum atomic E-state index is 13.2. The Morgan fingerprint density at radius 2 is 2.07 bits per heavy atom. The molecular weight excluding hydrogens is 360 g/mol. The van der Waals surface area contributed by atoms with Gasteiger partial charge in [0.1, 0.15) is 5.75 Å². The highest BCUT2D eigenvalue weighted by molar-refractivity contribution is 7.22. The van der Waals surface area contributed by atoms with Gasteiger partial charge in [-0.1, -0.05) is 41.7 Å². The van der Waals surface area contributed by atoms with Gasteiger partial charge < -0.3 is 9.47 Å². The number of para-hydroxylation sites is 2. The number of amides is 1. The van der Waals surface area contributed by atoms with Crippen LogP contribution in [-0.4, -0.2) is 37.3 Å². The first-order chi connectivity index (χ1) is 13.2. The van der Waals surface area contributed by atoms with E-state index in [4.69, 9.17) is 14.5 Å². The van der Waals surface area contributed by atoms with Crippen LogP contribution in [-0.2, 0) is 16.0 Å². The first-order valence-electron chi connectivity index (χ1n) is 9.14. The molecule has 3 aromatic rings. The fraction of sp³-hybridized carbons (Fsp3) is 0.333. The lowest BCUT2D eigenvalue weighted by Gasteiger charge is -2.23. The molecule has 1 aliphatic rings. The summed E-state index contributed by atoms with van der Waals surface area (Å²) in [5.74, 6) is 0.737. The molecule has 0 N–H and O–H groups in total. The van der Waals surface area contributed by atoms with Crippen molar-refractivity contribution in [3.8, 4) is 5.75 Å². The number of hydrogen-bond acceptors (Lipinski definition) is 5. The van der Waals surface area contributed by atoms with Gasteiger partial charge in [-0.3, -0.25) is 9.69 Å². The Labute approximate surface area is 162 Å². The van der Waals surface area contributed by atoms with Gasteiger partial charge in [0.2, 0.25) is 5.91 Å². The minimum Gasteiger partial charge on any atom is -0.496 e. The van der Waals surface area contributed by atoms with Crippen molar-refractivity contribution in [1.82, 2.24) is 4.98 Å². The average Bonchev–Trinajstić information content (AvgIpc) is 3.35. The van der Waals surface area contributed by atoms with Gasteiger partial charge in [-0.2, -0.15) is 0 Å². The minimum absolute atomic E-state index is 0.00839. The summed E-state index contributed by atoms with van der Waals surface area (Å²) in [6, 6.07) is 15.6. The van der Waals surface area contributed by atoms with Gasteiger partial charge in [0.15, 0.2) is 5.13 Å². The lowest BCUT2D eigenvalue weighted by Crippen LogP contribution is -2.38. The van der Waals surface area contributed by atoms with Crippen LogP contribution >= 0.6 is 11.3 Å². The number of ether oxygens (including phenoxy) is 2. The van der Waals surface area contributed by atoms with Gasteiger partial charge in [-0.25, -0.2) is 4.98 Å². The number of aromatic nitrogens is 1. The molecule has 1 aromatic heterocycles. The summed E-state index contributed by atoms with van der Waals surface area (Å²) in [5.41, 5.74) is 1.79. The summed E-state index contributed by atoms with van der Waals surface area (Å²) in [5, 5.41) is 0.728. The van der Waals surface area contributed by atoms with E-state index in [1.54, 1.807) is 23.3 Å². The second kappa shape index (κ2) is 8.06. The van der Waals surface area contributed by atoms with Gasteiger partial charge in [0.25, 0.3) is 0 Å². The number of hydrogen-bond donors (Lipinski definition) is 0. The number of carbonyl (C=O) groups is 1. The van der Waals surface area contributed by atoms with Gasteiger partial charge in [0.05, 0.1) is 36.4 Å². The molecule has 0 aliphatic carbocycles. The molecule has 1 saturated heterocycles. The van der Waals surface area contributed by atoms with Crippen molar-refractivity contribution in [2.24, 2.45) is 0 Å². The molecular formula is C21H22N2O3S. The predicted molar refractivity (Wildman–Crippen MR) is 108 cm³/mol. The molecule has 0 bridgehead atoms. The average molecular weight is 382 g/mol. The van der Waals surface area contributed by atoms with Crippen molar-refractivity contribution in [2.75, 3.05) is 25.2 Å². The quantitative estimate of drug-likeness (QED) is 0.645. The predicted octanol–water partition coefficient (Wildman–Crippen LogP) is 4.06. The number of anilines is 1. The van der Waals surface area contributed by atoms with Gasteiger partial charge in [-0.05, 0) is 31.0 Å². The first-order valence-corrected chi connectivity index (χ1v) is 9.95. The van der Waals surface area contributed by atoms with Crippen LogP contribution in [0.3, 0.4) is 0 Å². The van der Waals surface area contributed by atoms with E-state index in [2.05, 4.69) is 0 Å². The zero-order valence-corrected chi connectivity index (χ0v) is 16.1. The Bertz CT molecular complexity index is 901. The van der Waals surface area contributed by atoms with Gasteiger partial charge >= 0.3 is 0 Å². The summed E-state index contributed by atoms with van der Waals surface area (Å²) in [7, 11) is 1.63. The van der Waals surface area contributed by atoms with Crippen LogP contribution in [0.15, 0.2) is 48.5 Å². The van der Waals surface area contributed by atoms with Gasteiger partial charge in [-0.15, -0.1) is 0 Å². The Morgan fingerprint density at radius 1 is 1.26 bits per heavy atom. The van der Waals surface area contributed by atoms with E-state index < -0.39 is 0 Å². The number of rotatable bonds is 6. The zero-order chi connectivity index (χ0) is 18.6. The third-order valence-corrected chi connectivity index (χ3v) is 5.82. The summed E-state index contributed by atoms with van der Waals surface area (Å²) >= 11 is 1.54. The molecule has 0 saturated carbocycles. The van der Waals surface area contributed by atoms with E-state index in [1.807, 2.05) is 48.5 Å². The van der Waals surface area contributed by atoms with Crippen LogP contribution in [0.5, 0.6) is 5.75 Å². The molecule has 1 fully saturated rings. The van der Waals surface area contributed by atoms with Crippen molar-refractivity contribution >= 4 is 32.6 Å². The Kier molecular flexibility index (Phi) is 5.36. The van der Waals surface area contributed by atoms with Crippen molar-refractivity contribution in [3.63, 3.8) is 0 Å². The van der Waals surface area contributed by atoms with E-state index in [-0.39, 0.29) is 18.4 Å². The van der Waals surface area contributed by atoms with E-state index in [1.165, 1.54) is 0 Å². The zero-order valence-electron chi connectivity index (χ0n) is 15.3. The monoisotopic (exact) mass is 382 g/mol. The maximum Gasteiger partial charge on any atom is 0.233 e. The summed E-state index contributed by atoms with van der Waals surface area (Å²) in [6.45, 7) is 1.30. The Morgan fingerprint density at radius 3 is 2.85 bits per heavy atom. The Balaban J connectivity index is 1.63. The van der Waals surface area contributed by atoms with Crippen LogP contribution in [0.1, 0.15) is 18.4 Å². The molecule has 0 radical (unpaired) electrons. The molecule has 1 atom stereocenters. The molecule has 27 heavy (non-hydrogen) atoms. The lowest BCUT2D eigenvalue weighted by molar-refractivity contribution is -0.118. The molecule has 5 nitrogen and oxygen atoms in total.